The molecular weight excluding hydrogens is 248 g/mol. The van der Waals surface area contributed by atoms with E-state index < -0.39 is 0 Å². The Bertz CT molecular complexity index is 696. The maximum absolute atomic E-state index is 4.40. The van der Waals surface area contributed by atoms with E-state index in [0.717, 1.165) is 16.3 Å². The largest absolute Gasteiger partial charge is 0.306 e. The molecule has 0 amide bonds. The highest BCUT2D eigenvalue weighted by Crippen LogP contribution is 2.22. The number of nitrogens with zero attached hydrogens (tertiary/aromatic N) is 5. The summed E-state index contributed by atoms with van der Waals surface area (Å²) in [6.45, 7) is 5.99. The first-order valence-electron chi connectivity index (χ1n) is 5.53. The molecule has 0 unspecified atom stereocenters. The van der Waals surface area contributed by atoms with Gasteiger partial charge in [0.25, 0.3) is 0 Å². The number of aryl methyl sites for hydroxylation is 3. The van der Waals surface area contributed by atoms with E-state index in [1.165, 1.54) is 4.88 Å². The van der Waals surface area contributed by atoms with Crippen LogP contribution in [0.4, 0.5) is 11.8 Å². The summed E-state index contributed by atoms with van der Waals surface area (Å²) in [5.74, 6) is 1.19. The molecule has 92 valence electrons. The van der Waals surface area contributed by atoms with Gasteiger partial charge in [0.1, 0.15) is 0 Å². The summed E-state index contributed by atoms with van der Waals surface area (Å²) in [5, 5.41) is 15.4. The molecule has 0 aliphatic rings. The Morgan fingerprint density at radius 3 is 2.67 bits per heavy atom. The zero-order valence-electron chi connectivity index (χ0n) is 10.3. The Balaban J connectivity index is 1.93. The van der Waals surface area contributed by atoms with Gasteiger partial charge in [-0.3, -0.25) is 0 Å². The second-order valence-corrected chi connectivity index (χ2v) is 5.24. The Morgan fingerprint density at radius 2 is 2.00 bits per heavy atom. The van der Waals surface area contributed by atoms with Crippen LogP contribution < -0.4 is 5.32 Å². The normalized spacial score (nSPS) is 11.1. The molecule has 3 rings (SSSR count). The topological polar surface area (TPSA) is 68.0 Å². The molecule has 0 bridgehead atoms. The van der Waals surface area contributed by atoms with E-state index >= 15 is 0 Å². The van der Waals surface area contributed by atoms with Crippen molar-refractivity contribution in [1.82, 2.24) is 24.8 Å². The third kappa shape index (κ3) is 1.82. The van der Waals surface area contributed by atoms with Crippen LogP contribution in [0.5, 0.6) is 0 Å². The molecule has 0 fully saturated rings. The fourth-order valence-corrected chi connectivity index (χ4v) is 2.48. The predicted octanol–water partition coefficient (Wildman–Crippen LogP) is 2.25. The summed E-state index contributed by atoms with van der Waals surface area (Å²) in [4.78, 5) is 6.51. The van der Waals surface area contributed by atoms with Gasteiger partial charge < -0.3 is 5.32 Å². The lowest BCUT2D eigenvalue weighted by Crippen LogP contribution is -1.98. The van der Waals surface area contributed by atoms with Gasteiger partial charge >= 0.3 is 0 Å². The second kappa shape index (κ2) is 4.02. The molecule has 0 aliphatic carbocycles. The van der Waals surface area contributed by atoms with Crippen molar-refractivity contribution in [3.8, 4) is 0 Å². The van der Waals surface area contributed by atoms with E-state index in [1.54, 1.807) is 11.3 Å². The second-order valence-electron chi connectivity index (χ2n) is 4.06. The summed E-state index contributed by atoms with van der Waals surface area (Å²) in [5.41, 5.74) is 2.00. The molecule has 3 aromatic heterocycles. The number of thiazole rings is 1. The van der Waals surface area contributed by atoms with Crippen molar-refractivity contribution >= 4 is 28.1 Å². The predicted molar refractivity (Wildman–Crippen MR) is 70.4 cm³/mol. The van der Waals surface area contributed by atoms with Gasteiger partial charge in [0.2, 0.25) is 10.9 Å². The van der Waals surface area contributed by atoms with Crippen molar-refractivity contribution in [2.45, 2.75) is 20.8 Å². The van der Waals surface area contributed by atoms with Crippen LogP contribution in [-0.2, 0) is 0 Å². The number of hydrogen-bond acceptors (Lipinski definition) is 6. The Hall–Kier alpha value is -2.02. The van der Waals surface area contributed by atoms with Crippen LogP contribution in [0, 0.1) is 20.8 Å². The molecule has 0 aromatic carbocycles. The van der Waals surface area contributed by atoms with Gasteiger partial charge in [-0.15, -0.1) is 10.2 Å². The number of rotatable bonds is 2. The molecule has 0 aliphatic heterocycles. The lowest BCUT2D eigenvalue weighted by molar-refractivity contribution is 0.923. The third-order valence-electron chi connectivity index (χ3n) is 2.69. The van der Waals surface area contributed by atoms with Crippen LogP contribution in [0.2, 0.25) is 0 Å². The SMILES string of the molecule is Cc1ccc(Nc2nc3sc(C)c(C)n3n2)nn1. The third-order valence-corrected chi connectivity index (χ3v) is 3.74. The number of aromatic nitrogens is 5. The molecule has 0 saturated carbocycles. The average Bonchev–Trinajstić information content (AvgIpc) is 2.84. The van der Waals surface area contributed by atoms with Crippen molar-refractivity contribution in [2.75, 3.05) is 5.32 Å². The average molecular weight is 260 g/mol. The van der Waals surface area contributed by atoms with Crippen LogP contribution in [0.1, 0.15) is 16.3 Å². The summed E-state index contributed by atoms with van der Waals surface area (Å²) >= 11 is 1.63. The van der Waals surface area contributed by atoms with Crippen LogP contribution in [-0.4, -0.2) is 24.8 Å². The molecule has 0 saturated heterocycles. The molecule has 1 N–H and O–H groups in total. The maximum atomic E-state index is 4.40. The summed E-state index contributed by atoms with van der Waals surface area (Å²) in [6.07, 6.45) is 0. The van der Waals surface area contributed by atoms with E-state index in [0.29, 0.717) is 11.8 Å². The Labute approximate surface area is 108 Å². The molecule has 0 radical (unpaired) electrons. The summed E-state index contributed by atoms with van der Waals surface area (Å²) in [6, 6.07) is 3.75. The number of nitrogens with one attached hydrogen (secondary N) is 1. The molecule has 3 aromatic rings. The minimum Gasteiger partial charge on any atom is -0.306 e. The van der Waals surface area contributed by atoms with Crippen molar-refractivity contribution in [3.63, 3.8) is 0 Å². The van der Waals surface area contributed by atoms with E-state index in [-0.39, 0.29) is 0 Å². The van der Waals surface area contributed by atoms with Crippen LogP contribution in [0.15, 0.2) is 12.1 Å². The zero-order valence-corrected chi connectivity index (χ0v) is 11.1. The van der Waals surface area contributed by atoms with E-state index in [9.17, 15) is 0 Å². The molecule has 0 atom stereocenters. The number of anilines is 2. The monoisotopic (exact) mass is 260 g/mol. The van der Waals surface area contributed by atoms with Crippen molar-refractivity contribution < 1.29 is 0 Å². The van der Waals surface area contributed by atoms with Gasteiger partial charge in [0, 0.05) is 4.88 Å². The first-order valence-corrected chi connectivity index (χ1v) is 6.35. The standard InChI is InChI=1S/C11H12N6S/c1-6-4-5-9(15-14-6)12-10-13-11-17(16-10)7(2)8(3)18-11/h4-5H,1-3H3,(H,12,15,16). The van der Waals surface area contributed by atoms with Gasteiger partial charge in [-0.25, -0.2) is 4.52 Å². The lowest BCUT2D eigenvalue weighted by Gasteiger charge is -1.99. The number of hydrogen-bond donors (Lipinski definition) is 1. The highest BCUT2D eigenvalue weighted by atomic mass is 32.1. The van der Waals surface area contributed by atoms with E-state index in [1.807, 2.05) is 30.5 Å². The lowest BCUT2D eigenvalue weighted by atomic mass is 10.4. The Morgan fingerprint density at radius 1 is 1.17 bits per heavy atom. The maximum Gasteiger partial charge on any atom is 0.249 e. The fourth-order valence-electron chi connectivity index (χ4n) is 1.58. The minimum atomic E-state index is 0.544. The molecule has 18 heavy (non-hydrogen) atoms. The molecule has 6 nitrogen and oxygen atoms in total. The highest BCUT2D eigenvalue weighted by Gasteiger charge is 2.10. The first kappa shape index (κ1) is 11.1. The molecule has 3 heterocycles. The highest BCUT2D eigenvalue weighted by molar-refractivity contribution is 7.17. The smallest absolute Gasteiger partial charge is 0.249 e. The Kier molecular flexibility index (Phi) is 2.48. The minimum absolute atomic E-state index is 0.544. The van der Waals surface area contributed by atoms with Crippen LogP contribution in [0.25, 0.3) is 4.96 Å². The first-order chi connectivity index (χ1) is 8.63. The summed E-state index contributed by atoms with van der Waals surface area (Å²) in [7, 11) is 0. The van der Waals surface area contributed by atoms with Gasteiger partial charge in [-0.05, 0) is 32.9 Å². The van der Waals surface area contributed by atoms with E-state index in [2.05, 4.69) is 32.5 Å². The van der Waals surface area contributed by atoms with Gasteiger partial charge in [0.05, 0.1) is 11.4 Å². The van der Waals surface area contributed by atoms with Crippen molar-refractivity contribution in [1.29, 1.82) is 0 Å². The van der Waals surface area contributed by atoms with Gasteiger partial charge in [-0.1, -0.05) is 11.3 Å². The quantitative estimate of drug-likeness (QED) is 0.765. The van der Waals surface area contributed by atoms with Crippen LogP contribution in [0.3, 0.4) is 0 Å². The summed E-state index contributed by atoms with van der Waals surface area (Å²) < 4.78 is 1.84. The number of fused-ring (bicyclic) bond motifs is 1. The van der Waals surface area contributed by atoms with E-state index in [4.69, 9.17) is 0 Å². The van der Waals surface area contributed by atoms with Crippen molar-refractivity contribution in [2.24, 2.45) is 0 Å². The fraction of sp³-hybridized carbons (Fsp3) is 0.273. The van der Waals surface area contributed by atoms with Gasteiger partial charge in [0.15, 0.2) is 5.82 Å². The van der Waals surface area contributed by atoms with Gasteiger partial charge in [-0.2, -0.15) is 10.1 Å². The molecule has 7 heteroatoms. The van der Waals surface area contributed by atoms with Crippen LogP contribution >= 0.6 is 11.3 Å². The molecule has 0 spiro atoms. The van der Waals surface area contributed by atoms with Crippen molar-refractivity contribution in [3.05, 3.63) is 28.4 Å². The zero-order chi connectivity index (χ0) is 12.7. The molecular formula is C11H12N6S.